The van der Waals surface area contributed by atoms with E-state index in [9.17, 15) is 38.4 Å². The van der Waals surface area contributed by atoms with E-state index in [-0.39, 0.29) is 38.0 Å². The summed E-state index contributed by atoms with van der Waals surface area (Å²) >= 11 is 0. The van der Waals surface area contributed by atoms with Crippen LogP contribution >= 0.6 is 0 Å². The number of nitrogens with one attached hydrogen (secondary N) is 4. The molecule has 2 aliphatic heterocycles. The Morgan fingerprint density at radius 1 is 0.578 bits per heavy atom. The molecule has 2 aromatic carbocycles. The minimum absolute atomic E-state index is 0.106. The molecule has 0 bridgehead atoms. The highest BCUT2D eigenvalue weighted by Crippen LogP contribution is 2.35. The average Bonchev–Trinajstić information content (AvgIpc) is 3.25. The summed E-state index contributed by atoms with van der Waals surface area (Å²) in [5, 5.41) is 11.6. The van der Waals surface area contributed by atoms with Crippen LogP contribution < -0.4 is 30.7 Å². The van der Waals surface area contributed by atoms with Crippen molar-refractivity contribution >= 4 is 47.9 Å². The SMILES string of the molecule is CCN1CCN(C(=O)NC(c2ccc(OC(=O)NCC3CCCC(CNC(=O)Oc4ccc(C(NC(=O)N5CCN(CC)C(=O)C5=O)C(C)(C)C)cc4)C3)cc2)C(C)(C)C)C(=O)C1=O. The van der Waals surface area contributed by atoms with Gasteiger partial charge in [-0.05, 0) is 91.2 Å². The van der Waals surface area contributed by atoms with Gasteiger partial charge >= 0.3 is 47.9 Å². The Bertz CT molecular complexity index is 1900. The maximum atomic E-state index is 13.2. The highest BCUT2D eigenvalue weighted by molar-refractivity contribution is 6.38. The lowest BCUT2D eigenvalue weighted by Gasteiger charge is -2.36. The van der Waals surface area contributed by atoms with Crippen molar-refractivity contribution in [2.75, 3.05) is 52.4 Å². The minimum Gasteiger partial charge on any atom is -0.410 e. The topological polar surface area (TPSA) is 216 Å². The number of amides is 10. The number of nitrogens with zero attached hydrogens (tertiary/aromatic N) is 4. The van der Waals surface area contributed by atoms with Gasteiger partial charge in [0, 0.05) is 52.4 Å². The molecule has 4 atom stereocenters. The van der Waals surface area contributed by atoms with E-state index in [0.717, 1.165) is 46.6 Å². The predicted molar refractivity (Wildman–Crippen MR) is 236 cm³/mol. The smallest absolute Gasteiger partial charge is 0.410 e. The Kier molecular flexibility index (Phi) is 16.0. The molecule has 0 aromatic heterocycles. The number of carbonyl (C=O) groups is 8. The van der Waals surface area contributed by atoms with E-state index in [2.05, 4.69) is 21.3 Å². The molecule has 4 N–H and O–H groups in total. The van der Waals surface area contributed by atoms with Crippen LogP contribution in [0.5, 0.6) is 11.5 Å². The monoisotopic (exact) mass is 888 g/mol. The van der Waals surface area contributed by atoms with Crippen molar-refractivity contribution in [2.24, 2.45) is 22.7 Å². The number of benzene rings is 2. The van der Waals surface area contributed by atoms with E-state index in [1.807, 2.05) is 41.5 Å². The molecular weight excluding hydrogens is 825 g/mol. The average molecular weight is 889 g/mol. The zero-order chi connectivity index (χ0) is 46.9. The van der Waals surface area contributed by atoms with Crippen molar-refractivity contribution in [3.05, 3.63) is 59.7 Å². The van der Waals surface area contributed by atoms with Crippen LogP contribution in [0.2, 0.25) is 0 Å². The lowest BCUT2D eigenvalue weighted by atomic mass is 9.81. The Morgan fingerprint density at radius 3 is 1.27 bits per heavy atom. The first-order valence-corrected chi connectivity index (χ1v) is 22.1. The van der Waals surface area contributed by atoms with E-state index in [1.54, 1.807) is 62.4 Å². The molecule has 1 aliphatic carbocycles. The summed E-state index contributed by atoms with van der Waals surface area (Å²) in [6, 6.07) is 11.2. The van der Waals surface area contributed by atoms with Crippen LogP contribution in [-0.4, -0.2) is 120 Å². The van der Waals surface area contributed by atoms with Crippen molar-refractivity contribution in [1.29, 1.82) is 0 Å². The van der Waals surface area contributed by atoms with Gasteiger partial charge in [-0.15, -0.1) is 0 Å². The van der Waals surface area contributed by atoms with E-state index in [0.29, 0.717) is 37.7 Å². The molecule has 0 radical (unpaired) electrons. The van der Waals surface area contributed by atoms with E-state index in [1.165, 1.54) is 9.80 Å². The minimum atomic E-state index is -0.856. The summed E-state index contributed by atoms with van der Waals surface area (Å²) in [6.45, 7) is 17.6. The molecule has 2 heterocycles. The molecule has 2 saturated heterocycles. The maximum absolute atomic E-state index is 13.2. The molecule has 2 aromatic rings. The summed E-state index contributed by atoms with van der Waals surface area (Å²) in [4.78, 5) is 107. The number of carbonyl (C=O) groups excluding carboxylic acids is 8. The van der Waals surface area contributed by atoms with E-state index in [4.69, 9.17) is 9.47 Å². The van der Waals surface area contributed by atoms with E-state index >= 15 is 0 Å². The van der Waals surface area contributed by atoms with Crippen LogP contribution in [0.1, 0.15) is 104 Å². The number of rotatable bonds is 12. The highest BCUT2D eigenvalue weighted by atomic mass is 16.6. The van der Waals surface area contributed by atoms with Crippen LogP contribution in [0.3, 0.4) is 0 Å². The zero-order valence-electron chi connectivity index (χ0n) is 38.3. The number of hydrogen-bond donors (Lipinski definition) is 4. The summed E-state index contributed by atoms with van der Waals surface area (Å²) in [6.07, 6.45) is 2.33. The number of likely N-dealkylation sites (N-methyl/N-ethyl adjacent to an activating group) is 2. The molecule has 3 aliphatic rings. The Balaban J connectivity index is 1.05. The van der Waals surface area contributed by atoms with Crippen molar-refractivity contribution in [1.82, 2.24) is 40.9 Å². The molecule has 4 unspecified atom stereocenters. The molecule has 18 heteroatoms. The maximum Gasteiger partial charge on any atom is 0.412 e. The Labute approximate surface area is 375 Å². The first kappa shape index (κ1) is 48.8. The third-order valence-corrected chi connectivity index (χ3v) is 11.9. The van der Waals surface area contributed by atoms with Crippen LogP contribution in [0.25, 0.3) is 0 Å². The standard InChI is InChI=1S/C46H64N8O10/c1-9-51-22-24-53(39(57)37(51)55)41(59)49-35(45(3,4)5)31-14-18-33(19-15-31)63-43(61)47-27-29-12-11-13-30(26-29)28-48-44(62)64-34-20-16-32(17-21-34)36(46(6,7)8)50-42(60)54-25-23-52(10-2)38(56)40(54)58/h14-21,29-30,35-36H,9-13,22-28H2,1-8H3,(H,47,61)(H,48,62)(H,49,59)(H,50,60). The lowest BCUT2D eigenvalue weighted by molar-refractivity contribution is -0.153. The zero-order valence-corrected chi connectivity index (χ0v) is 38.3. The van der Waals surface area contributed by atoms with Crippen LogP contribution in [0.4, 0.5) is 19.2 Å². The second-order valence-corrected chi connectivity index (χ2v) is 18.8. The van der Waals surface area contributed by atoms with E-state index < -0.39 is 70.8 Å². The second kappa shape index (κ2) is 21.0. The van der Waals surface area contributed by atoms with Crippen LogP contribution in [0, 0.1) is 22.7 Å². The van der Waals surface area contributed by atoms with Crippen molar-refractivity contribution in [3.63, 3.8) is 0 Å². The predicted octanol–water partition coefficient (Wildman–Crippen LogP) is 5.35. The van der Waals surface area contributed by atoms with Gasteiger partial charge in [-0.2, -0.15) is 0 Å². The first-order chi connectivity index (χ1) is 30.2. The molecule has 5 rings (SSSR count). The molecule has 3 fully saturated rings. The third-order valence-electron chi connectivity index (χ3n) is 11.9. The lowest BCUT2D eigenvalue weighted by Crippen LogP contribution is -2.58. The fourth-order valence-corrected chi connectivity index (χ4v) is 8.31. The normalized spacial score (nSPS) is 19.4. The van der Waals surface area contributed by atoms with Crippen molar-refractivity contribution in [2.45, 2.75) is 93.2 Å². The van der Waals surface area contributed by atoms with Gasteiger partial charge in [0.2, 0.25) is 0 Å². The molecule has 10 amide bonds. The Morgan fingerprint density at radius 2 is 0.938 bits per heavy atom. The summed E-state index contributed by atoms with van der Waals surface area (Å²) < 4.78 is 11.1. The molecule has 64 heavy (non-hydrogen) atoms. The summed E-state index contributed by atoms with van der Waals surface area (Å²) in [7, 11) is 0. The van der Waals surface area contributed by atoms with Crippen LogP contribution in [-0.2, 0) is 19.2 Å². The van der Waals surface area contributed by atoms with Crippen LogP contribution in [0.15, 0.2) is 48.5 Å². The van der Waals surface area contributed by atoms with Gasteiger partial charge in [-0.3, -0.25) is 29.0 Å². The van der Waals surface area contributed by atoms with Gasteiger partial charge < -0.3 is 40.5 Å². The first-order valence-electron chi connectivity index (χ1n) is 22.1. The third kappa shape index (κ3) is 12.5. The fraction of sp³-hybridized carbons (Fsp3) is 0.565. The highest BCUT2D eigenvalue weighted by Gasteiger charge is 2.39. The number of imide groups is 2. The quantitative estimate of drug-likeness (QED) is 0.201. The summed E-state index contributed by atoms with van der Waals surface area (Å²) in [5.41, 5.74) is 0.533. The van der Waals surface area contributed by atoms with Gasteiger partial charge in [0.15, 0.2) is 0 Å². The van der Waals surface area contributed by atoms with Gasteiger partial charge in [0.1, 0.15) is 11.5 Å². The van der Waals surface area contributed by atoms with Gasteiger partial charge in [0.25, 0.3) is 0 Å². The van der Waals surface area contributed by atoms with Gasteiger partial charge in [-0.25, -0.2) is 19.2 Å². The molecule has 0 spiro atoms. The molecule has 18 nitrogen and oxygen atoms in total. The number of ether oxygens (including phenoxy) is 2. The largest absolute Gasteiger partial charge is 0.412 e. The Hall–Kier alpha value is -6.20. The van der Waals surface area contributed by atoms with Gasteiger partial charge in [0.05, 0.1) is 12.1 Å². The fourth-order valence-electron chi connectivity index (χ4n) is 8.31. The second-order valence-electron chi connectivity index (χ2n) is 18.8. The van der Waals surface area contributed by atoms with Crippen molar-refractivity contribution < 1.29 is 47.8 Å². The molecule has 348 valence electrons. The number of urea groups is 2. The number of piperazine rings is 2. The van der Waals surface area contributed by atoms with Crippen molar-refractivity contribution in [3.8, 4) is 11.5 Å². The molecular formula is C46H64N8O10. The summed E-state index contributed by atoms with van der Waals surface area (Å²) in [5.74, 6) is -2.14. The molecule has 1 saturated carbocycles. The number of hydrogen-bond acceptors (Lipinski definition) is 10. The van der Waals surface area contributed by atoms with Gasteiger partial charge in [-0.1, -0.05) is 72.2 Å².